The number of aryl methyl sites for hydroxylation is 14. The molecule has 18 rings (SSSR count). The highest BCUT2D eigenvalue weighted by Crippen LogP contribution is 2.54. The van der Waals surface area contributed by atoms with E-state index in [-0.39, 0.29) is 43.3 Å². The van der Waals surface area contributed by atoms with Gasteiger partial charge in [0, 0.05) is 78.0 Å². The lowest BCUT2D eigenvalue weighted by atomic mass is 9.59. The Labute approximate surface area is 757 Å². The number of nitrogens with zero attached hydrogens (tertiary/aromatic N) is 12. The van der Waals surface area contributed by atoms with Crippen LogP contribution in [0.2, 0.25) is 0 Å². The maximum Gasteiger partial charge on any atom is 0.242 e. The summed E-state index contributed by atoms with van der Waals surface area (Å²) >= 11 is 0. The lowest BCUT2D eigenvalue weighted by Gasteiger charge is -2.46. The zero-order chi connectivity index (χ0) is 92.6. The van der Waals surface area contributed by atoms with Crippen LogP contribution in [-0.2, 0) is 85.6 Å². The first-order valence-corrected chi connectivity index (χ1v) is 46.0. The van der Waals surface area contributed by atoms with Gasteiger partial charge in [0.1, 0.15) is 22.7 Å². The first-order chi connectivity index (χ1) is 58.8. The van der Waals surface area contributed by atoms with Crippen LogP contribution < -0.4 is 28.1 Å². The zero-order valence-electron chi connectivity index (χ0n) is 84.2. The smallest absolute Gasteiger partial charge is 0.155 e. The molecule has 0 radical (unpaired) electrons. The van der Waals surface area contributed by atoms with Crippen molar-refractivity contribution in [3.05, 3.63) is 330 Å². The second kappa shape index (κ2) is 33.3. The molecule has 0 N–H and O–H groups in total. The van der Waals surface area contributed by atoms with Crippen molar-refractivity contribution >= 4 is 0 Å². The van der Waals surface area contributed by atoms with Crippen molar-refractivity contribution < 1.29 is 28.1 Å². The Hall–Kier alpha value is -11.0. The highest BCUT2D eigenvalue weighted by molar-refractivity contribution is 5.72. The maximum atomic E-state index is 2.45. The van der Waals surface area contributed by atoms with E-state index >= 15 is 0 Å². The van der Waals surface area contributed by atoms with Crippen molar-refractivity contribution in [1.82, 2.24) is 28.1 Å². The quantitative estimate of drug-likeness (QED) is 0.149. The SMILES string of the molecule is Cc1cccc2c1-[n+]1c(c(C)c(C)n1C)C(C)(C)C2(C)C.Cc1cccc2c1-[n+]1c(cc(C)n1C)C(C)(C)C2(C)C.Cc1cccc2c1-n1c(c(C)c[n+]1C)C(C)(C)C2(C)C.Cc1cccc2c1-n1c(cc[n+]1C)C(C)(C)C2(C)C.Cc1ccccc1-n1cc(-c2c(C(C)C)cccc2C(C)C)c[n+]1C.Cc1ccccc1-n1cc(-c2c(C)cccc2C)c[n+]1C. The fourth-order valence-corrected chi connectivity index (χ4v) is 21.2. The van der Waals surface area contributed by atoms with E-state index in [4.69, 9.17) is 0 Å². The summed E-state index contributed by atoms with van der Waals surface area (Å²) in [7, 11) is 12.8. The summed E-state index contributed by atoms with van der Waals surface area (Å²) in [4.78, 5) is 0. The van der Waals surface area contributed by atoms with Crippen molar-refractivity contribution in [2.24, 2.45) is 42.3 Å². The summed E-state index contributed by atoms with van der Waals surface area (Å²) in [6.07, 6.45) is 13.3. The first-order valence-electron chi connectivity index (χ1n) is 46.0. The molecule has 660 valence electrons. The van der Waals surface area contributed by atoms with Gasteiger partial charge in [0.05, 0.1) is 71.2 Å². The van der Waals surface area contributed by atoms with E-state index in [0.29, 0.717) is 11.8 Å². The predicted octanol–water partition coefficient (Wildman–Crippen LogP) is 23.4. The van der Waals surface area contributed by atoms with Crippen molar-refractivity contribution in [2.75, 3.05) is 0 Å². The summed E-state index contributed by atoms with van der Waals surface area (Å²) in [5.41, 5.74) is 44.4. The van der Waals surface area contributed by atoms with Gasteiger partial charge in [-0.25, -0.2) is 0 Å². The molecule has 0 aliphatic carbocycles. The number of fused-ring (bicyclic) bond motifs is 12. The molecular formula is C114H150N12+6. The Balaban J connectivity index is 0.000000130. The van der Waals surface area contributed by atoms with Crippen molar-refractivity contribution in [3.63, 3.8) is 0 Å². The molecule has 4 aliphatic rings. The standard InChI is InChI=1S/C23H29N2.C19H27N2.C19H21N2.2C18H25N2.C17H23N2/c1-16(2)20-11-9-12-21(17(3)4)23(20)19-14-24(6)25(15-19)22-13-8-7-10-18(22)5;1-12-10-9-11-15-16(12)21-17(13(2)14(3)20(21)8)19(6,7)18(15,4)5;1-14-8-5-6-11-18(14)21-13-17(12-20(21)4)19-15(2)9-7-10-16(19)3;1-12-9-8-10-14-15(12)20-16(13(2)11-19(20)7)18(5,6)17(14,3)4;1-12-9-8-10-14-16(12)20-15(11-13(2)19(20)7)18(5,6)17(14,3)4;1-12-8-7-9-13-15(12)19-14(10-11-18(19)6)17(4,5)16(13,2)3/h7-17H,1-6H3;9-11H,1-8H3;5-13H,1-4H3;2*8-11H,1-7H3;7-11H,1-6H3/q6*+1. The van der Waals surface area contributed by atoms with E-state index in [2.05, 4.69) is 527 Å². The molecule has 0 fully saturated rings. The highest BCUT2D eigenvalue weighted by Gasteiger charge is 2.57. The van der Waals surface area contributed by atoms with Crippen LogP contribution in [0.3, 0.4) is 0 Å². The molecule has 0 unspecified atom stereocenters. The topological polar surface area (TPSA) is 52.9 Å². The Bertz CT molecular complexity index is 6420. The van der Waals surface area contributed by atoms with Crippen LogP contribution in [0.5, 0.6) is 0 Å². The highest BCUT2D eigenvalue weighted by atomic mass is 15.4. The predicted molar refractivity (Wildman–Crippen MR) is 522 cm³/mol. The van der Waals surface area contributed by atoms with Crippen LogP contribution in [0.1, 0.15) is 273 Å². The minimum absolute atomic E-state index is 0.0872. The number of hydrogen-bond acceptors (Lipinski definition) is 0. The van der Waals surface area contributed by atoms with Crippen LogP contribution in [0.25, 0.3) is 56.4 Å². The Kier molecular flexibility index (Phi) is 24.5. The second-order valence-electron chi connectivity index (χ2n) is 42.1. The third-order valence-electron chi connectivity index (χ3n) is 31.8. The fourth-order valence-electron chi connectivity index (χ4n) is 21.2. The molecule has 0 atom stereocenters. The number of hydrogen-bond donors (Lipinski definition) is 0. The molecule has 12 heteroatoms. The Morgan fingerprint density at radius 3 is 1.18 bits per heavy atom. The number of rotatable bonds is 6. The summed E-state index contributed by atoms with van der Waals surface area (Å²) in [5, 5.41) is 0. The molecular weight excluding hydrogens is 1540 g/mol. The maximum absolute atomic E-state index is 2.45. The average molecular weight is 1690 g/mol. The van der Waals surface area contributed by atoms with Crippen molar-refractivity contribution in [3.8, 4) is 56.4 Å². The second-order valence-corrected chi connectivity index (χ2v) is 42.1. The third-order valence-corrected chi connectivity index (χ3v) is 31.8. The molecule has 0 bridgehead atoms. The molecule has 6 aromatic heterocycles. The van der Waals surface area contributed by atoms with Gasteiger partial charge in [-0.15, -0.1) is 37.5 Å². The van der Waals surface area contributed by atoms with E-state index < -0.39 is 0 Å². The first kappa shape index (κ1) is 92.7. The minimum Gasteiger partial charge on any atom is -0.155 e. The molecule has 0 saturated carbocycles. The van der Waals surface area contributed by atoms with Crippen molar-refractivity contribution in [2.45, 2.75) is 277 Å². The number of benzene rings is 8. The number of para-hydroxylation sites is 6. The fraction of sp³-hybridized carbons (Fsp3) is 0.421. The van der Waals surface area contributed by atoms with Crippen LogP contribution in [0.15, 0.2) is 207 Å². The van der Waals surface area contributed by atoms with Gasteiger partial charge in [0.25, 0.3) is 0 Å². The molecule has 0 spiro atoms. The minimum atomic E-state index is 0.0872. The molecule has 126 heavy (non-hydrogen) atoms. The monoisotopic (exact) mass is 1690 g/mol. The summed E-state index contributed by atoms with van der Waals surface area (Å²) in [5.74, 6) is 1.00. The van der Waals surface area contributed by atoms with Crippen LogP contribution in [-0.4, -0.2) is 28.1 Å². The lowest BCUT2D eigenvalue weighted by molar-refractivity contribution is -0.745. The van der Waals surface area contributed by atoms with Crippen LogP contribution >= 0.6 is 0 Å². The third kappa shape index (κ3) is 14.9. The van der Waals surface area contributed by atoms with Gasteiger partial charge >= 0.3 is 0 Å². The van der Waals surface area contributed by atoms with Gasteiger partial charge in [-0.3, -0.25) is 0 Å². The summed E-state index contributed by atoms with van der Waals surface area (Å²) < 4.78 is 27.4. The van der Waals surface area contributed by atoms with Gasteiger partial charge in [-0.2, -0.15) is 9.36 Å². The van der Waals surface area contributed by atoms with E-state index in [0.717, 1.165) is 0 Å². The molecule has 10 heterocycles. The normalized spacial score (nSPS) is 15.9. The van der Waals surface area contributed by atoms with Gasteiger partial charge in [-0.1, -0.05) is 266 Å². The molecule has 14 aromatic rings. The van der Waals surface area contributed by atoms with E-state index in [1.807, 2.05) is 0 Å². The largest absolute Gasteiger partial charge is 0.242 e. The van der Waals surface area contributed by atoms with E-state index in [9.17, 15) is 0 Å². The molecule has 0 saturated heterocycles. The Morgan fingerprint density at radius 2 is 0.706 bits per heavy atom. The van der Waals surface area contributed by atoms with Crippen molar-refractivity contribution in [1.29, 1.82) is 0 Å². The van der Waals surface area contributed by atoms with E-state index in [1.165, 1.54) is 180 Å². The molecule has 4 aliphatic heterocycles. The van der Waals surface area contributed by atoms with Gasteiger partial charge < -0.3 is 0 Å². The molecule has 12 nitrogen and oxygen atoms in total. The molecule has 0 amide bonds. The van der Waals surface area contributed by atoms with Gasteiger partial charge in [-0.05, 0) is 202 Å². The zero-order valence-corrected chi connectivity index (χ0v) is 84.2. The van der Waals surface area contributed by atoms with Gasteiger partial charge in [0.2, 0.25) is 35.2 Å². The number of aromatic nitrogens is 12. The van der Waals surface area contributed by atoms with Gasteiger partial charge in [0.15, 0.2) is 40.6 Å². The Morgan fingerprint density at radius 1 is 0.317 bits per heavy atom. The van der Waals surface area contributed by atoms with E-state index in [1.54, 1.807) is 0 Å². The van der Waals surface area contributed by atoms with Crippen LogP contribution in [0, 0.1) is 83.1 Å². The average Bonchev–Trinajstić information content (AvgIpc) is 1.48. The van der Waals surface area contributed by atoms with Crippen LogP contribution in [0.4, 0.5) is 0 Å². The summed E-state index contributed by atoms with van der Waals surface area (Å²) in [6.45, 7) is 73.5. The molecule has 8 aromatic carbocycles. The summed E-state index contributed by atoms with van der Waals surface area (Å²) in [6, 6.07) is 61.6. The lowest BCUT2D eigenvalue weighted by Crippen LogP contribution is -2.58.